The van der Waals surface area contributed by atoms with Crippen LogP contribution in [0, 0.1) is 12.8 Å². The molecule has 4 rings (SSSR count). The number of nitrogens with zero attached hydrogens (tertiary/aromatic N) is 2. The number of methoxy groups -OCH3 is 2. The van der Waals surface area contributed by atoms with E-state index in [1.807, 2.05) is 25.3 Å². The third kappa shape index (κ3) is 3.81. The molecule has 2 aromatic heterocycles. The minimum atomic E-state index is 0.334. The van der Waals surface area contributed by atoms with E-state index in [1.165, 1.54) is 12.8 Å². The SMILES string of the molecule is COc1cc(OC)c(Cl)c(-c2cc3cnc(C)cc3c(N[C@@H](C)C3CC3)n2)c1Cl. The van der Waals surface area contributed by atoms with Gasteiger partial charge in [0.05, 0.1) is 30.0 Å². The molecule has 1 atom stereocenters. The maximum absolute atomic E-state index is 6.63. The summed E-state index contributed by atoms with van der Waals surface area (Å²) in [5, 5.41) is 6.36. The summed E-state index contributed by atoms with van der Waals surface area (Å²) in [5.41, 5.74) is 2.16. The van der Waals surface area contributed by atoms with E-state index in [9.17, 15) is 0 Å². The second kappa shape index (κ2) is 7.88. The molecule has 0 radical (unpaired) electrons. The van der Waals surface area contributed by atoms with Gasteiger partial charge in [0.25, 0.3) is 0 Å². The molecule has 1 aliphatic carbocycles. The lowest BCUT2D eigenvalue weighted by molar-refractivity contribution is 0.395. The Balaban J connectivity index is 1.94. The van der Waals surface area contributed by atoms with Crippen LogP contribution in [0.5, 0.6) is 11.5 Å². The first-order valence-electron chi connectivity index (χ1n) is 9.57. The van der Waals surface area contributed by atoms with Crippen LogP contribution in [0.25, 0.3) is 22.0 Å². The van der Waals surface area contributed by atoms with Crippen LogP contribution in [-0.2, 0) is 0 Å². The Bertz CT molecular complexity index is 1060. The average molecular weight is 432 g/mol. The summed E-state index contributed by atoms with van der Waals surface area (Å²) in [4.78, 5) is 9.37. The molecular formula is C22H23Cl2N3O2. The number of hydrogen-bond donors (Lipinski definition) is 1. The van der Waals surface area contributed by atoms with Crippen LogP contribution in [0.3, 0.4) is 0 Å². The number of pyridine rings is 2. The quantitative estimate of drug-likeness (QED) is 0.507. The standard InChI is InChI=1S/C22H23Cl2N3O2/c1-11-7-15-14(10-25-11)8-16(27-22(15)26-12(2)13-5-6-13)19-20(23)17(28-3)9-18(29-4)21(19)24/h7-10,12-13H,5-6H2,1-4H3,(H,26,27)/t12-/m0/s1. The van der Waals surface area contributed by atoms with Crippen molar-refractivity contribution < 1.29 is 9.47 Å². The lowest BCUT2D eigenvalue weighted by Crippen LogP contribution is -2.18. The Morgan fingerprint density at radius 2 is 1.72 bits per heavy atom. The molecule has 1 fully saturated rings. The number of nitrogens with one attached hydrogen (secondary N) is 1. The van der Waals surface area contributed by atoms with Crippen LogP contribution in [0.4, 0.5) is 5.82 Å². The Kier molecular flexibility index (Phi) is 5.45. The number of ether oxygens (including phenoxy) is 2. The van der Waals surface area contributed by atoms with E-state index in [4.69, 9.17) is 37.7 Å². The summed E-state index contributed by atoms with van der Waals surface area (Å²) in [6.45, 7) is 4.17. The highest BCUT2D eigenvalue weighted by Gasteiger charge is 2.29. The first kappa shape index (κ1) is 20.0. The van der Waals surface area contributed by atoms with Crippen molar-refractivity contribution in [3.63, 3.8) is 0 Å². The summed E-state index contributed by atoms with van der Waals surface area (Å²) in [6.07, 6.45) is 4.34. The van der Waals surface area contributed by atoms with Gasteiger partial charge in [-0.3, -0.25) is 4.98 Å². The first-order valence-corrected chi connectivity index (χ1v) is 10.3. The zero-order chi connectivity index (χ0) is 20.7. The number of aryl methyl sites for hydroxylation is 1. The fourth-order valence-electron chi connectivity index (χ4n) is 3.53. The number of anilines is 1. The highest BCUT2D eigenvalue weighted by Crippen LogP contribution is 2.46. The van der Waals surface area contributed by atoms with Crippen LogP contribution in [0.2, 0.25) is 10.0 Å². The number of fused-ring (bicyclic) bond motifs is 1. The molecule has 1 aliphatic rings. The van der Waals surface area contributed by atoms with Crippen molar-refractivity contribution in [1.29, 1.82) is 0 Å². The van der Waals surface area contributed by atoms with Gasteiger partial charge in [0.1, 0.15) is 17.3 Å². The van der Waals surface area contributed by atoms with Crippen molar-refractivity contribution in [2.24, 2.45) is 5.92 Å². The molecule has 0 unspecified atom stereocenters. The van der Waals surface area contributed by atoms with Crippen molar-refractivity contribution in [2.45, 2.75) is 32.7 Å². The van der Waals surface area contributed by atoms with Crippen LogP contribution < -0.4 is 14.8 Å². The largest absolute Gasteiger partial charge is 0.495 e. The van der Waals surface area contributed by atoms with Crippen LogP contribution in [-0.4, -0.2) is 30.2 Å². The first-order chi connectivity index (χ1) is 13.9. The fraction of sp³-hybridized carbons (Fsp3) is 0.364. The van der Waals surface area contributed by atoms with Crippen molar-refractivity contribution in [3.05, 3.63) is 40.1 Å². The van der Waals surface area contributed by atoms with Gasteiger partial charge in [-0.05, 0) is 44.7 Å². The van der Waals surface area contributed by atoms with Gasteiger partial charge in [-0.2, -0.15) is 0 Å². The number of rotatable bonds is 6. The molecule has 3 aromatic rings. The summed E-state index contributed by atoms with van der Waals surface area (Å²) < 4.78 is 10.8. The van der Waals surface area contributed by atoms with Gasteiger partial charge in [0.2, 0.25) is 0 Å². The lowest BCUT2D eigenvalue weighted by Gasteiger charge is -2.19. The monoisotopic (exact) mass is 431 g/mol. The Hall–Kier alpha value is -2.24. The molecule has 152 valence electrons. The summed E-state index contributed by atoms with van der Waals surface area (Å²) >= 11 is 13.3. The summed E-state index contributed by atoms with van der Waals surface area (Å²) in [6, 6.07) is 6.00. The van der Waals surface area contributed by atoms with Gasteiger partial charge >= 0.3 is 0 Å². The van der Waals surface area contributed by atoms with Crippen molar-refractivity contribution in [2.75, 3.05) is 19.5 Å². The maximum Gasteiger partial charge on any atom is 0.141 e. The summed E-state index contributed by atoms with van der Waals surface area (Å²) in [7, 11) is 3.12. The van der Waals surface area contributed by atoms with E-state index in [2.05, 4.69) is 17.2 Å². The number of benzene rings is 1. The Morgan fingerprint density at radius 1 is 1.07 bits per heavy atom. The number of hydrogen-bond acceptors (Lipinski definition) is 5. The molecule has 0 bridgehead atoms. The highest BCUT2D eigenvalue weighted by atomic mass is 35.5. The fourth-order valence-corrected chi connectivity index (χ4v) is 4.22. The van der Waals surface area contributed by atoms with Gasteiger partial charge in [0.15, 0.2) is 0 Å². The van der Waals surface area contributed by atoms with Crippen molar-refractivity contribution in [3.8, 4) is 22.8 Å². The smallest absolute Gasteiger partial charge is 0.141 e. The molecule has 1 aromatic carbocycles. The molecule has 0 saturated heterocycles. The highest BCUT2D eigenvalue weighted by molar-refractivity contribution is 6.41. The number of aromatic nitrogens is 2. The third-order valence-electron chi connectivity index (χ3n) is 5.37. The molecule has 7 heteroatoms. The zero-order valence-electron chi connectivity index (χ0n) is 16.8. The van der Waals surface area contributed by atoms with E-state index < -0.39 is 0 Å². The second-order valence-corrected chi connectivity index (χ2v) is 8.21. The zero-order valence-corrected chi connectivity index (χ0v) is 18.4. The van der Waals surface area contributed by atoms with Gasteiger partial charge in [-0.25, -0.2) is 4.98 Å². The van der Waals surface area contributed by atoms with Gasteiger partial charge < -0.3 is 14.8 Å². The normalized spacial score (nSPS) is 14.7. The van der Waals surface area contributed by atoms with Crippen LogP contribution in [0.15, 0.2) is 24.4 Å². The molecular weight excluding hydrogens is 409 g/mol. The average Bonchev–Trinajstić information content (AvgIpc) is 3.54. The van der Waals surface area contributed by atoms with E-state index >= 15 is 0 Å². The molecule has 2 heterocycles. The summed E-state index contributed by atoms with van der Waals surface area (Å²) in [5.74, 6) is 2.44. The van der Waals surface area contributed by atoms with E-state index in [0.717, 1.165) is 22.3 Å². The van der Waals surface area contributed by atoms with E-state index in [1.54, 1.807) is 20.3 Å². The van der Waals surface area contributed by atoms with Crippen LogP contribution in [0.1, 0.15) is 25.5 Å². The molecule has 1 N–H and O–H groups in total. The van der Waals surface area contributed by atoms with Gasteiger partial charge in [-0.15, -0.1) is 0 Å². The molecule has 1 saturated carbocycles. The predicted octanol–water partition coefficient (Wildman–Crippen LogP) is 6.14. The minimum absolute atomic E-state index is 0.334. The molecule has 5 nitrogen and oxygen atoms in total. The predicted molar refractivity (Wildman–Crippen MR) is 119 cm³/mol. The van der Waals surface area contributed by atoms with Gasteiger partial charge in [-0.1, -0.05) is 23.2 Å². The molecule has 0 amide bonds. The van der Waals surface area contributed by atoms with Crippen molar-refractivity contribution >= 4 is 39.8 Å². The Labute approximate surface area is 180 Å². The minimum Gasteiger partial charge on any atom is -0.495 e. The molecule has 0 aliphatic heterocycles. The van der Waals surface area contributed by atoms with E-state index in [0.29, 0.717) is 44.8 Å². The van der Waals surface area contributed by atoms with Crippen molar-refractivity contribution in [1.82, 2.24) is 9.97 Å². The maximum atomic E-state index is 6.63. The lowest BCUT2D eigenvalue weighted by atomic mass is 10.1. The van der Waals surface area contributed by atoms with E-state index in [-0.39, 0.29) is 0 Å². The molecule has 0 spiro atoms. The van der Waals surface area contributed by atoms with Gasteiger partial charge in [0, 0.05) is 40.3 Å². The van der Waals surface area contributed by atoms with Crippen LogP contribution >= 0.6 is 23.2 Å². The second-order valence-electron chi connectivity index (χ2n) is 7.46. The third-order valence-corrected chi connectivity index (χ3v) is 6.12. The topological polar surface area (TPSA) is 56.3 Å². The number of halogens is 2. The molecule has 29 heavy (non-hydrogen) atoms. The Morgan fingerprint density at radius 3 is 2.31 bits per heavy atom.